The highest BCUT2D eigenvalue weighted by Crippen LogP contribution is 2.30. The smallest absolute Gasteiger partial charge is 0.413 e. The monoisotopic (exact) mass is 471 g/mol. The zero-order chi connectivity index (χ0) is 22.1. The van der Waals surface area contributed by atoms with E-state index in [4.69, 9.17) is 22.7 Å². The third kappa shape index (κ3) is 7.73. The van der Waals surface area contributed by atoms with Gasteiger partial charge in [-0.2, -0.15) is 0 Å². The molecule has 0 spiro atoms. The van der Waals surface area contributed by atoms with Gasteiger partial charge in [-0.25, -0.2) is 19.7 Å². The van der Waals surface area contributed by atoms with E-state index in [1.54, 1.807) is 34.6 Å². The highest BCUT2D eigenvalue weighted by atomic mass is 32.9. The van der Waals surface area contributed by atoms with Crippen molar-refractivity contribution in [3.63, 3.8) is 0 Å². The molecule has 30 heavy (non-hydrogen) atoms. The number of hydrogen-bond acceptors (Lipinski definition) is 8. The molecule has 0 aliphatic heterocycles. The molecule has 5 N–H and O–H groups in total. The van der Waals surface area contributed by atoms with Gasteiger partial charge < -0.3 is 26.2 Å². The van der Waals surface area contributed by atoms with Crippen molar-refractivity contribution < 1.29 is 24.5 Å². The Morgan fingerprint density at radius 2 is 2.03 bits per heavy atom. The van der Waals surface area contributed by atoms with Crippen LogP contribution in [0.4, 0.5) is 4.79 Å². The number of ether oxygens (including phenoxy) is 1. The number of hydrazone groups is 1. The Bertz CT molecular complexity index is 988. The molecule has 14 heteroatoms. The second-order valence-electron chi connectivity index (χ2n) is 5.74. The number of carboxylic acids is 1. The summed E-state index contributed by atoms with van der Waals surface area (Å²) in [6, 6.07) is 7.42. The minimum Gasteiger partial charge on any atom is -0.480 e. The molecule has 0 saturated heterocycles. The average Bonchev–Trinajstić information content (AvgIpc) is 3.10. The molecular formula is C16H17N5O6S3. The number of nitrogens with zero attached hydrogens (tertiary/aromatic N) is 2. The first kappa shape index (κ1) is 23.2. The van der Waals surface area contributed by atoms with Gasteiger partial charge in [0, 0.05) is 11.4 Å². The molecule has 160 valence electrons. The Labute approximate surface area is 182 Å². The van der Waals surface area contributed by atoms with Crippen LogP contribution in [0.5, 0.6) is 5.75 Å². The van der Waals surface area contributed by atoms with E-state index >= 15 is 0 Å². The van der Waals surface area contributed by atoms with Crippen LogP contribution in [0.25, 0.3) is 10.4 Å². The zero-order valence-corrected chi connectivity index (χ0v) is 17.7. The average molecular weight is 472 g/mol. The number of nitrogens with two attached hydrogens (primary N) is 1. The van der Waals surface area contributed by atoms with Crippen LogP contribution in [0, 0.1) is 13.9 Å². The number of aliphatic carboxylic acids is 1. The van der Waals surface area contributed by atoms with Gasteiger partial charge in [-0.05, 0) is 48.7 Å². The molecule has 1 aromatic heterocycles. The highest BCUT2D eigenvalue weighted by Gasteiger charge is 2.20. The summed E-state index contributed by atoms with van der Waals surface area (Å²) in [6.45, 7) is 0.140. The predicted octanol–water partition coefficient (Wildman–Crippen LogP) is 2.62. The summed E-state index contributed by atoms with van der Waals surface area (Å²) in [5, 5.41) is 26.0. The maximum Gasteiger partial charge on any atom is 0.413 e. The first-order valence-electron chi connectivity index (χ1n) is 8.38. The second kappa shape index (κ2) is 11.2. The second-order valence-corrected chi connectivity index (χ2v) is 8.65. The number of amides is 1. The summed E-state index contributed by atoms with van der Waals surface area (Å²) >= 11 is 5.10. The number of nitrogens with one attached hydrogen (secondary N) is 2. The molecule has 0 fully saturated rings. The topological polar surface area (TPSA) is 169 Å². The van der Waals surface area contributed by atoms with E-state index in [2.05, 4.69) is 15.7 Å². The number of rotatable bonds is 9. The number of nitro groups is 1. The fourth-order valence-corrected chi connectivity index (χ4v) is 4.64. The van der Waals surface area contributed by atoms with E-state index in [1.807, 2.05) is 6.07 Å². The van der Waals surface area contributed by atoms with Crippen molar-refractivity contribution in [2.24, 2.45) is 10.8 Å². The lowest BCUT2D eigenvalue weighted by atomic mass is 10.1. The molecule has 1 amide bonds. The molecule has 1 unspecified atom stereocenters. The molecule has 11 nitrogen and oxygen atoms in total. The molecule has 0 bridgehead atoms. The largest absolute Gasteiger partial charge is 0.480 e. The summed E-state index contributed by atoms with van der Waals surface area (Å²) in [5.74, 6) is -1.38. The lowest BCUT2D eigenvalue weighted by Gasteiger charge is -2.14. The number of carboxylic acid groups (broad SMARTS) is 1. The van der Waals surface area contributed by atoms with Crippen molar-refractivity contribution in [3.8, 4) is 16.2 Å². The lowest BCUT2D eigenvalue weighted by Crippen LogP contribution is -2.43. The number of benzene rings is 1. The normalized spacial score (nSPS) is 12.1. The van der Waals surface area contributed by atoms with Crippen LogP contribution in [0.15, 0.2) is 35.4 Å². The van der Waals surface area contributed by atoms with E-state index in [0.717, 1.165) is 14.3 Å². The van der Waals surface area contributed by atoms with Gasteiger partial charge in [-0.1, -0.05) is 32.9 Å². The van der Waals surface area contributed by atoms with Crippen molar-refractivity contribution in [2.45, 2.75) is 18.9 Å². The molecule has 0 radical (unpaired) electrons. The van der Waals surface area contributed by atoms with Gasteiger partial charge in [0.05, 0.1) is 0 Å². The van der Waals surface area contributed by atoms with Crippen LogP contribution in [-0.2, 0) is 4.79 Å². The zero-order valence-electron chi connectivity index (χ0n) is 15.3. The van der Waals surface area contributed by atoms with E-state index in [9.17, 15) is 24.8 Å². The number of carbonyl (C=O) groups excluding carboxylic acids is 1. The fourth-order valence-electron chi connectivity index (χ4n) is 2.24. The lowest BCUT2D eigenvalue weighted by molar-refractivity contribution is -0.485. The minimum absolute atomic E-state index is 0.0467. The summed E-state index contributed by atoms with van der Waals surface area (Å²) in [7, 11) is 3.04. The van der Waals surface area contributed by atoms with Crippen LogP contribution >= 0.6 is 32.9 Å². The molecule has 0 aliphatic carbocycles. The summed E-state index contributed by atoms with van der Waals surface area (Å²) in [6.07, 6.45) is -0.610. The number of hydrogen-bond donors (Lipinski definition) is 4. The predicted molar refractivity (Wildman–Crippen MR) is 115 cm³/mol. The van der Waals surface area contributed by atoms with Crippen molar-refractivity contribution in [1.82, 2.24) is 10.6 Å². The van der Waals surface area contributed by atoms with Gasteiger partial charge in [0.25, 0.3) is 5.96 Å². The molecular weight excluding hydrogens is 454 g/mol. The van der Waals surface area contributed by atoms with Crippen molar-refractivity contribution >= 4 is 50.9 Å². The fraction of sp³-hybridized carbons (Fsp3) is 0.250. The van der Waals surface area contributed by atoms with E-state index in [-0.39, 0.29) is 25.1 Å². The Morgan fingerprint density at radius 1 is 1.33 bits per heavy atom. The molecule has 0 saturated carbocycles. The number of guanidine groups is 1. The van der Waals surface area contributed by atoms with Gasteiger partial charge in [-0.3, -0.25) is 0 Å². The maximum atomic E-state index is 12.0. The third-order valence-corrected chi connectivity index (χ3v) is 6.48. The first-order chi connectivity index (χ1) is 14.2. The molecule has 2 aromatic rings. The van der Waals surface area contributed by atoms with E-state index < -0.39 is 29.1 Å². The van der Waals surface area contributed by atoms with Crippen LogP contribution in [-0.4, -0.2) is 40.7 Å². The van der Waals surface area contributed by atoms with Crippen LogP contribution in [0.1, 0.15) is 12.8 Å². The Balaban J connectivity index is 1.84. The summed E-state index contributed by atoms with van der Waals surface area (Å²) in [4.78, 5) is 34.5. The highest BCUT2D eigenvalue weighted by molar-refractivity contribution is 7.80. The maximum absolute atomic E-state index is 12.0. The Hall–Kier alpha value is -3.10. The molecule has 0 aliphatic rings. The molecule has 2 rings (SSSR count). The van der Waals surface area contributed by atoms with Gasteiger partial charge in [0.2, 0.25) is 0 Å². The van der Waals surface area contributed by atoms with Gasteiger partial charge in [-0.15, -0.1) is 0 Å². The summed E-state index contributed by atoms with van der Waals surface area (Å²) < 4.78 is 5.91. The van der Waals surface area contributed by atoms with E-state index in [0.29, 0.717) is 0 Å². The minimum atomic E-state index is -1.24. The standard InChI is InChI=1S/C16H17N5O6S3/c17-15(20-21(25)26)18-7-1-2-11(14(22)23)19-16(24)27-10-5-3-9(4-6-10)12-8-13(28)30-29-12/h3-6,8,11H,1-2,7H2,(H,19,24)(H,22,23)(H3,17,18,20). The molecule has 1 heterocycles. The number of carbonyl (C=O) groups is 2. The van der Waals surface area contributed by atoms with Crippen LogP contribution in [0.3, 0.4) is 0 Å². The van der Waals surface area contributed by atoms with E-state index in [1.165, 1.54) is 10.3 Å². The first-order valence-corrected chi connectivity index (χ1v) is 10.9. The third-order valence-electron chi connectivity index (χ3n) is 3.57. The van der Waals surface area contributed by atoms with Crippen molar-refractivity contribution in [3.05, 3.63) is 44.3 Å². The van der Waals surface area contributed by atoms with Gasteiger partial charge >= 0.3 is 12.1 Å². The Morgan fingerprint density at radius 3 is 2.60 bits per heavy atom. The van der Waals surface area contributed by atoms with Gasteiger partial charge in [0.1, 0.15) is 20.7 Å². The van der Waals surface area contributed by atoms with Crippen LogP contribution < -0.4 is 21.1 Å². The van der Waals surface area contributed by atoms with Crippen LogP contribution in [0.2, 0.25) is 0 Å². The molecule has 1 atom stereocenters. The quantitative estimate of drug-likeness (QED) is 0.0816. The van der Waals surface area contributed by atoms with Crippen molar-refractivity contribution in [2.75, 3.05) is 6.54 Å². The molecule has 1 aromatic carbocycles. The van der Waals surface area contributed by atoms with Crippen molar-refractivity contribution in [1.29, 1.82) is 0 Å². The van der Waals surface area contributed by atoms with Gasteiger partial charge in [0.15, 0.2) is 5.03 Å². The SMILES string of the molecule is NC(=N[N+](=O)[O-])NCCCC(NC(=O)Oc1ccc(-c2cc(=S)ss2)cc1)C(=O)O. The Kier molecular flexibility index (Phi) is 8.64. The summed E-state index contributed by atoms with van der Waals surface area (Å²) in [5.41, 5.74) is 6.18.